The number of methoxy groups -OCH3 is 2. The highest BCUT2D eigenvalue weighted by atomic mass is 16.9. The molecule has 12 nitrogen and oxygen atoms in total. The molecular formula is C33H33N5O7. The Hall–Kier alpha value is -4.59. The molecule has 0 saturated carbocycles. The smallest absolute Gasteiger partial charge is 0.280 e. The molecule has 5 aromatic rings. The largest absolute Gasteiger partial charge is 0.497 e. The molecule has 2 aliphatic heterocycles. The lowest BCUT2D eigenvalue weighted by Crippen LogP contribution is -2.42. The Morgan fingerprint density at radius 2 is 1.62 bits per heavy atom. The zero-order chi connectivity index (χ0) is 31.2. The summed E-state index contributed by atoms with van der Waals surface area (Å²) >= 11 is 0. The number of H-pyrrole nitrogens is 1. The van der Waals surface area contributed by atoms with Crippen molar-refractivity contribution in [1.82, 2.24) is 19.5 Å². The Kier molecular flexibility index (Phi) is 7.38. The van der Waals surface area contributed by atoms with Crippen LogP contribution in [0.3, 0.4) is 0 Å². The van der Waals surface area contributed by atoms with Gasteiger partial charge in [-0.25, -0.2) is 4.98 Å². The van der Waals surface area contributed by atoms with E-state index in [-0.39, 0.29) is 23.7 Å². The van der Waals surface area contributed by atoms with E-state index in [9.17, 15) is 9.90 Å². The highest BCUT2D eigenvalue weighted by Crippen LogP contribution is 2.48. The van der Waals surface area contributed by atoms with E-state index in [1.54, 1.807) is 11.7 Å². The van der Waals surface area contributed by atoms with Gasteiger partial charge in [-0.05, 0) is 35.7 Å². The van der Waals surface area contributed by atoms with Gasteiger partial charge in [0, 0.05) is 7.11 Å². The maximum atomic E-state index is 13.5. The van der Waals surface area contributed by atoms with Crippen LogP contribution >= 0.6 is 0 Å². The average Bonchev–Trinajstić information content (AvgIpc) is 3.74. The summed E-state index contributed by atoms with van der Waals surface area (Å²) in [6.45, 7) is 0.572. The summed E-state index contributed by atoms with van der Waals surface area (Å²) in [5, 5.41) is 13.7. The van der Waals surface area contributed by atoms with E-state index in [4.69, 9.17) is 28.7 Å². The molecule has 4 heterocycles. The predicted octanol–water partition coefficient (Wildman–Crippen LogP) is 3.53. The van der Waals surface area contributed by atoms with Crippen molar-refractivity contribution in [3.05, 3.63) is 118 Å². The number of hydrogen-bond acceptors (Lipinski definition) is 10. The first-order valence-electron chi connectivity index (χ1n) is 14.5. The van der Waals surface area contributed by atoms with E-state index in [1.165, 1.54) is 13.4 Å². The molecule has 2 aromatic heterocycles. The maximum Gasteiger partial charge on any atom is 0.280 e. The number of nitrogens with one attached hydrogen (secondary N) is 2. The van der Waals surface area contributed by atoms with Crippen LogP contribution in [0.25, 0.3) is 11.2 Å². The number of benzene rings is 3. The lowest BCUT2D eigenvalue weighted by molar-refractivity contribution is -0.269. The first-order valence-corrected chi connectivity index (χ1v) is 14.5. The number of ether oxygens (including phenoxy) is 5. The fourth-order valence-electron chi connectivity index (χ4n) is 6.44. The number of hydrogen-bond donors (Lipinski definition) is 3. The molecule has 0 radical (unpaired) electrons. The standard InChI is InChI=1S/C33H33N5O7/c1-32-26(44-31(42-3)45-32)24(18-39)43-29(32)38-19-34-25-27(38)35-30(36-28(25)40)37-33(20-10-6-4-7-11-20,21-12-8-5-9-13-21)22-14-16-23(41-2)17-15-22/h4-17,19,24,26,29,31,39H,18H2,1-3H3,(H2,35,36,37,40)/t24-,26?,29-,31?,32+/m1/s1. The Bertz CT molecular complexity index is 1810. The Labute approximate surface area is 258 Å². The summed E-state index contributed by atoms with van der Waals surface area (Å²) in [5.41, 5.74) is 0.607. The normalized spacial score (nSPS) is 24.5. The van der Waals surface area contributed by atoms with Crippen LogP contribution in [-0.4, -0.2) is 69.7 Å². The third-order valence-electron chi connectivity index (χ3n) is 8.60. The number of aliphatic hydroxyl groups is 1. The van der Waals surface area contributed by atoms with Gasteiger partial charge in [0.05, 0.1) is 20.0 Å². The van der Waals surface area contributed by atoms with Gasteiger partial charge in [-0.3, -0.25) is 14.3 Å². The molecule has 0 aliphatic carbocycles. The minimum absolute atomic E-state index is 0.119. The molecule has 232 valence electrons. The minimum Gasteiger partial charge on any atom is -0.497 e. The third kappa shape index (κ3) is 4.69. The fraction of sp³-hybridized carbons (Fsp3) is 0.303. The number of fused-ring (bicyclic) bond motifs is 2. The Morgan fingerprint density at radius 1 is 0.978 bits per heavy atom. The monoisotopic (exact) mass is 611 g/mol. The summed E-state index contributed by atoms with van der Waals surface area (Å²) in [6.07, 6.45) is -0.677. The van der Waals surface area contributed by atoms with E-state index in [2.05, 4.69) is 15.3 Å². The van der Waals surface area contributed by atoms with E-state index in [1.807, 2.05) is 91.9 Å². The molecule has 0 spiro atoms. The molecule has 45 heavy (non-hydrogen) atoms. The SMILES string of the molecule is COc1ccc(C(Nc2nc3c(ncn3[C@@H]3O[C@H](CO)C4OC(OC)O[C@@]43C)c(=O)[nH]2)(c2ccccc2)c2ccccc2)cc1. The second kappa shape index (κ2) is 11.4. The Morgan fingerprint density at radius 3 is 2.22 bits per heavy atom. The fourth-order valence-corrected chi connectivity index (χ4v) is 6.44. The van der Waals surface area contributed by atoms with Crippen LogP contribution in [0.5, 0.6) is 5.75 Å². The van der Waals surface area contributed by atoms with Crippen LogP contribution in [0.2, 0.25) is 0 Å². The summed E-state index contributed by atoms with van der Waals surface area (Å²) in [5.74, 6) is 0.915. The van der Waals surface area contributed by atoms with Crippen LogP contribution in [0, 0.1) is 0 Å². The third-order valence-corrected chi connectivity index (χ3v) is 8.60. The molecule has 0 amide bonds. The van der Waals surface area contributed by atoms with E-state index >= 15 is 0 Å². The zero-order valence-corrected chi connectivity index (χ0v) is 24.9. The number of aliphatic hydroxyl groups excluding tert-OH is 1. The van der Waals surface area contributed by atoms with Crippen molar-refractivity contribution < 1.29 is 28.8 Å². The summed E-state index contributed by atoms with van der Waals surface area (Å²) in [6, 6.07) is 27.6. The van der Waals surface area contributed by atoms with Crippen LogP contribution in [0.4, 0.5) is 5.95 Å². The van der Waals surface area contributed by atoms with Gasteiger partial charge in [0.2, 0.25) is 5.95 Å². The second-order valence-corrected chi connectivity index (χ2v) is 11.2. The maximum absolute atomic E-state index is 13.5. The highest BCUT2D eigenvalue weighted by Gasteiger charge is 2.62. The predicted molar refractivity (Wildman–Crippen MR) is 164 cm³/mol. The molecule has 3 aromatic carbocycles. The molecule has 2 unspecified atom stereocenters. The number of rotatable bonds is 9. The topological polar surface area (TPSA) is 142 Å². The minimum atomic E-state index is -1.07. The lowest BCUT2D eigenvalue weighted by Gasteiger charge is -2.37. The van der Waals surface area contributed by atoms with Gasteiger partial charge in [0.1, 0.15) is 29.1 Å². The average molecular weight is 612 g/mol. The molecule has 5 atom stereocenters. The number of anilines is 1. The van der Waals surface area contributed by atoms with Crippen LogP contribution < -0.4 is 15.6 Å². The number of nitrogens with zero attached hydrogens (tertiary/aromatic N) is 3. The second-order valence-electron chi connectivity index (χ2n) is 11.2. The zero-order valence-electron chi connectivity index (χ0n) is 24.9. The number of aromatic amines is 1. The van der Waals surface area contributed by atoms with Gasteiger partial charge in [0.25, 0.3) is 12.0 Å². The Balaban J connectivity index is 1.39. The molecule has 2 fully saturated rings. The summed E-state index contributed by atoms with van der Waals surface area (Å²) in [4.78, 5) is 25.7. The van der Waals surface area contributed by atoms with Crippen molar-refractivity contribution in [3.8, 4) is 5.75 Å². The highest BCUT2D eigenvalue weighted by molar-refractivity contribution is 5.72. The van der Waals surface area contributed by atoms with Gasteiger partial charge < -0.3 is 34.1 Å². The van der Waals surface area contributed by atoms with Gasteiger partial charge in [0.15, 0.2) is 17.4 Å². The van der Waals surface area contributed by atoms with E-state index < -0.39 is 41.6 Å². The van der Waals surface area contributed by atoms with Crippen molar-refractivity contribution in [2.75, 3.05) is 26.1 Å². The first-order chi connectivity index (χ1) is 21.9. The number of imidazole rings is 1. The molecule has 3 N–H and O–H groups in total. The van der Waals surface area contributed by atoms with Gasteiger partial charge in [-0.2, -0.15) is 4.98 Å². The van der Waals surface area contributed by atoms with Gasteiger partial charge >= 0.3 is 0 Å². The lowest BCUT2D eigenvalue weighted by atomic mass is 9.77. The van der Waals surface area contributed by atoms with Gasteiger partial charge in [-0.15, -0.1) is 0 Å². The van der Waals surface area contributed by atoms with Crippen LogP contribution in [-0.2, 0) is 24.5 Å². The molecule has 2 aliphatic rings. The van der Waals surface area contributed by atoms with Crippen LogP contribution in [0.1, 0.15) is 29.8 Å². The van der Waals surface area contributed by atoms with Crippen molar-refractivity contribution in [2.24, 2.45) is 0 Å². The van der Waals surface area contributed by atoms with E-state index in [0.717, 1.165) is 16.7 Å². The summed E-state index contributed by atoms with van der Waals surface area (Å²) in [7, 11) is 3.10. The van der Waals surface area contributed by atoms with Crippen molar-refractivity contribution in [2.45, 2.75) is 43.0 Å². The summed E-state index contributed by atoms with van der Waals surface area (Å²) < 4.78 is 30.6. The van der Waals surface area contributed by atoms with Crippen molar-refractivity contribution >= 4 is 17.1 Å². The van der Waals surface area contributed by atoms with E-state index in [0.29, 0.717) is 5.75 Å². The number of aromatic nitrogens is 4. The quantitative estimate of drug-likeness (QED) is 0.212. The van der Waals surface area contributed by atoms with Crippen molar-refractivity contribution in [3.63, 3.8) is 0 Å². The molecule has 2 saturated heterocycles. The molecule has 7 rings (SSSR count). The first kappa shape index (κ1) is 29.1. The molecule has 0 bridgehead atoms. The molecular weight excluding hydrogens is 578 g/mol. The van der Waals surface area contributed by atoms with Gasteiger partial charge in [-0.1, -0.05) is 72.8 Å². The molecule has 12 heteroatoms. The van der Waals surface area contributed by atoms with Crippen molar-refractivity contribution in [1.29, 1.82) is 0 Å². The van der Waals surface area contributed by atoms with Crippen LogP contribution in [0.15, 0.2) is 96.1 Å².